The Labute approximate surface area is 326 Å². The minimum atomic E-state index is -4.93. The molecule has 1 amide bonds. The Balaban J connectivity index is 1.18. The molecule has 0 radical (unpaired) electrons. The van der Waals surface area contributed by atoms with Crippen LogP contribution in [0.25, 0.3) is 5.57 Å². The number of carbonyl (C=O) groups excluding carboxylic acids is 2. The summed E-state index contributed by atoms with van der Waals surface area (Å²) >= 11 is 0. The van der Waals surface area contributed by atoms with E-state index in [9.17, 15) is 31.2 Å². The standard InChI is InChI=1S/C43H62F3N3O5S/c1-38(2)30(28-8-10-29(11-9-28)36(50)54-7)14-17-39(3)33(38)16-18-41(5)34(39)13-12-31-35-32(48(6)37(51)43(44,45)46)15-19-42(35,21-20-40(31,41)4)47-22-23-49-24-26-55(52,53)27-25-49/h8-11,14,31-35,47H,12-13,15-27H2,1-7H3/t31-,32-,33+,34-,35+,39+,40-,41-,42+/m1/s1. The second kappa shape index (κ2) is 13.8. The van der Waals surface area contributed by atoms with Gasteiger partial charge in [0.1, 0.15) is 0 Å². The molecule has 1 N–H and O–H groups in total. The second-order valence-corrected chi connectivity index (χ2v) is 21.7. The van der Waals surface area contributed by atoms with E-state index < -0.39 is 28.0 Å². The summed E-state index contributed by atoms with van der Waals surface area (Å²) < 4.78 is 71.1. The molecule has 306 valence electrons. The fourth-order valence-corrected chi connectivity index (χ4v) is 15.4. The minimum Gasteiger partial charge on any atom is -0.465 e. The molecule has 55 heavy (non-hydrogen) atoms. The van der Waals surface area contributed by atoms with Gasteiger partial charge in [0.25, 0.3) is 0 Å². The molecule has 1 saturated heterocycles. The van der Waals surface area contributed by atoms with Gasteiger partial charge in [0.05, 0.1) is 24.2 Å². The van der Waals surface area contributed by atoms with Crippen LogP contribution >= 0.6 is 0 Å². The quantitative estimate of drug-likeness (QED) is 0.288. The van der Waals surface area contributed by atoms with Crippen molar-refractivity contribution in [3.8, 4) is 0 Å². The first-order valence-electron chi connectivity index (χ1n) is 20.5. The van der Waals surface area contributed by atoms with Gasteiger partial charge in [0.15, 0.2) is 9.84 Å². The maximum absolute atomic E-state index is 14.0. The number of esters is 1. The van der Waals surface area contributed by atoms with Crippen molar-refractivity contribution in [1.82, 2.24) is 15.1 Å². The van der Waals surface area contributed by atoms with Crippen LogP contribution in [-0.4, -0.2) is 99.7 Å². The van der Waals surface area contributed by atoms with E-state index in [0.29, 0.717) is 50.0 Å². The number of amides is 1. The van der Waals surface area contributed by atoms with Gasteiger partial charge in [-0.3, -0.25) is 4.79 Å². The normalized spacial score (nSPS) is 39.5. The summed E-state index contributed by atoms with van der Waals surface area (Å²) in [6, 6.07) is 7.27. The van der Waals surface area contributed by atoms with Crippen molar-refractivity contribution in [3.05, 3.63) is 41.5 Å². The molecule has 1 heterocycles. The molecule has 0 aromatic heterocycles. The predicted molar refractivity (Wildman–Crippen MR) is 208 cm³/mol. The number of alkyl halides is 3. The van der Waals surface area contributed by atoms with Crippen molar-refractivity contribution in [3.63, 3.8) is 0 Å². The van der Waals surface area contributed by atoms with Crippen LogP contribution in [0.3, 0.4) is 0 Å². The van der Waals surface area contributed by atoms with Crippen molar-refractivity contribution in [2.45, 2.75) is 110 Å². The number of ether oxygens (including phenoxy) is 1. The fraction of sp³-hybridized carbons (Fsp3) is 0.767. The molecule has 5 fully saturated rings. The molecule has 6 aliphatic rings. The maximum Gasteiger partial charge on any atom is 0.471 e. The van der Waals surface area contributed by atoms with Crippen LogP contribution in [0.2, 0.25) is 0 Å². The number of sulfone groups is 1. The number of hydrogen-bond donors (Lipinski definition) is 1. The molecule has 9 atom stereocenters. The summed E-state index contributed by atoms with van der Waals surface area (Å²) in [5.41, 5.74) is 2.38. The zero-order chi connectivity index (χ0) is 40.0. The highest BCUT2D eigenvalue weighted by Crippen LogP contribution is 2.76. The number of nitrogens with one attached hydrogen (secondary N) is 1. The topological polar surface area (TPSA) is 96.0 Å². The van der Waals surface area contributed by atoms with Gasteiger partial charge in [-0.15, -0.1) is 0 Å². The van der Waals surface area contributed by atoms with Gasteiger partial charge in [-0.2, -0.15) is 13.2 Å². The van der Waals surface area contributed by atoms with Gasteiger partial charge in [0, 0.05) is 50.7 Å². The van der Waals surface area contributed by atoms with Crippen LogP contribution in [0.1, 0.15) is 108 Å². The van der Waals surface area contributed by atoms with E-state index in [1.54, 1.807) is 0 Å². The molecule has 0 bridgehead atoms. The second-order valence-electron chi connectivity index (χ2n) is 19.4. The summed E-state index contributed by atoms with van der Waals surface area (Å²) in [7, 11) is -0.235. The predicted octanol–water partition coefficient (Wildman–Crippen LogP) is 7.39. The number of fused-ring (bicyclic) bond motifs is 7. The van der Waals surface area contributed by atoms with Crippen molar-refractivity contribution in [2.75, 3.05) is 51.8 Å². The minimum absolute atomic E-state index is 0.0318. The lowest BCUT2D eigenvalue weighted by molar-refractivity contribution is -0.222. The van der Waals surface area contributed by atoms with Crippen LogP contribution in [0, 0.1) is 45.3 Å². The highest BCUT2D eigenvalue weighted by molar-refractivity contribution is 7.91. The third-order valence-electron chi connectivity index (χ3n) is 17.0. The van der Waals surface area contributed by atoms with E-state index in [0.717, 1.165) is 61.8 Å². The number of nitrogens with zero attached hydrogens (tertiary/aromatic N) is 2. The van der Waals surface area contributed by atoms with E-state index in [4.69, 9.17) is 4.74 Å². The molecule has 0 unspecified atom stereocenters. The first kappa shape index (κ1) is 40.7. The Bertz CT molecular complexity index is 1800. The lowest BCUT2D eigenvalue weighted by Gasteiger charge is -2.72. The highest BCUT2D eigenvalue weighted by atomic mass is 32.2. The smallest absolute Gasteiger partial charge is 0.465 e. The summed E-state index contributed by atoms with van der Waals surface area (Å²) in [5.74, 6) is -0.877. The largest absolute Gasteiger partial charge is 0.471 e. The number of halogens is 3. The van der Waals surface area contributed by atoms with Crippen molar-refractivity contribution in [1.29, 1.82) is 0 Å². The molecule has 0 spiro atoms. The highest BCUT2D eigenvalue weighted by Gasteiger charge is 2.71. The van der Waals surface area contributed by atoms with Crippen molar-refractivity contribution < 1.29 is 35.9 Å². The maximum atomic E-state index is 14.0. The van der Waals surface area contributed by atoms with E-state index in [2.05, 4.69) is 50.9 Å². The van der Waals surface area contributed by atoms with Crippen molar-refractivity contribution in [2.24, 2.45) is 45.3 Å². The van der Waals surface area contributed by atoms with Gasteiger partial charge in [-0.1, -0.05) is 52.8 Å². The molecule has 1 aliphatic heterocycles. The van der Waals surface area contributed by atoms with Crippen molar-refractivity contribution >= 4 is 27.3 Å². The Morgan fingerprint density at radius 1 is 0.909 bits per heavy atom. The fourth-order valence-electron chi connectivity index (χ4n) is 14.1. The van der Waals surface area contributed by atoms with Gasteiger partial charge >= 0.3 is 18.1 Å². The molecular weight excluding hydrogens is 728 g/mol. The van der Waals surface area contributed by atoms with Crippen LogP contribution < -0.4 is 5.32 Å². The molecule has 4 saturated carbocycles. The summed E-state index contributed by atoms with van der Waals surface area (Å²) in [6.07, 6.45) is 5.61. The van der Waals surface area contributed by atoms with Gasteiger partial charge in [0.2, 0.25) is 0 Å². The summed E-state index contributed by atoms with van der Waals surface area (Å²) in [5, 5.41) is 3.92. The zero-order valence-electron chi connectivity index (χ0n) is 33.9. The third-order valence-corrected chi connectivity index (χ3v) is 18.6. The summed E-state index contributed by atoms with van der Waals surface area (Å²) in [6.45, 7) is 14.5. The first-order chi connectivity index (χ1) is 25.6. The molecule has 7 rings (SSSR count). The average molecular weight is 790 g/mol. The lowest BCUT2D eigenvalue weighted by Crippen LogP contribution is -2.69. The van der Waals surface area contributed by atoms with E-state index in [1.165, 1.54) is 19.7 Å². The van der Waals surface area contributed by atoms with Crippen LogP contribution in [-0.2, 0) is 19.4 Å². The Kier molecular flexibility index (Phi) is 10.3. The van der Waals surface area contributed by atoms with Crippen LogP contribution in [0.4, 0.5) is 13.2 Å². The van der Waals surface area contributed by atoms with Crippen LogP contribution in [0.5, 0.6) is 0 Å². The van der Waals surface area contributed by atoms with Gasteiger partial charge in [-0.05, 0) is 120 Å². The number of hydrogen-bond acceptors (Lipinski definition) is 7. The molecular formula is C43H62F3N3O5S. The number of carbonyl (C=O) groups is 2. The van der Waals surface area contributed by atoms with Crippen LogP contribution in [0.15, 0.2) is 30.3 Å². The molecule has 5 aliphatic carbocycles. The first-order valence-corrected chi connectivity index (χ1v) is 22.4. The average Bonchev–Trinajstić information content (AvgIpc) is 3.51. The number of benzene rings is 1. The van der Waals surface area contributed by atoms with E-state index >= 15 is 0 Å². The Morgan fingerprint density at radius 3 is 2.22 bits per heavy atom. The zero-order valence-corrected chi connectivity index (χ0v) is 34.7. The monoisotopic (exact) mass is 789 g/mol. The molecule has 12 heteroatoms. The lowest BCUT2D eigenvalue weighted by atomic mass is 9.33. The Morgan fingerprint density at radius 2 is 1.58 bits per heavy atom. The number of methoxy groups -OCH3 is 1. The molecule has 1 aromatic rings. The van der Waals surface area contributed by atoms with E-state index in [-0.39, 0.29) is 56.5 Å². The number of allylic oxidation sites excluding steroid dienone is 2. The Hall–Kier alpha value is -2.44. The summed E-state index contributed by atoms with van der Waals surface area (Å²) in [4.78, 5) is 28.2. The van der Waals surface area contributed by atoms with E-state index in [1.807, 2.05) is 24.3 Å². The third kappa shape index (κ3) is 6.50. The van der Waals surface area contributed by atoms with Gasteiger partial charge in [-0.25, -0.2) is 13.2 Å². The molecule has 8 nitrogen and oxygen atoms in total. The number of rotatable bonds is 7. The SMILES string of the molecule is COC(=O)c1ccc(C2=CC[C@]3(C)[C@H]4CC[C@@H]5[C@H]6[C@H](N(C)C(=O)C(F)(F)F)CC[C@]6(NCCN6CCS(=O)(=O)CC6)CC[C@@]5(C)[C@]4(C)CC[C@H]3C2(C)C)cc1. The molecule has 1 aromatic carbocycles. The van der Waals surface area contributed by atoms with Gasteiger partial charge < -0.3 is 19.9 Å².